The third kappa shape index (κ3) is 3.85. The number of likely N-dealkylation sites (N-methyl/N-ethyl adjacent to an activating group) is 1. The molecule has 0 bridgehead atoms. The first-order valence-electron chi connectivity index (χ1n) is 7.89. The van der Waals surface area contributed by atoms with Gasteiger partial charge in [-0.2, -0.15) is 0 Å². The number of hydrogen-bond acceptors (Lipinski definition) is 2. The second-order valence-corrected chi connectivity index (χ2v) is 5.76. The average Bonchev–Trinajstić information content (AvgIpc) is 2.46. The Balaban J connectivity index is 2.72. The molecule has 1 aliphatic rings. The van der Waals surface area contributed by atoms with Crippen LogP contribution in [0.15, 0.2) is 0 Å². The monoisotopic (exact) mass is 269 g/mol. The zero-order chi connectivity index (χ0) is 14.3. The minimum Gasteiger partial charge on any atom is -0.338 e. The Hall–Kier alpha value is -0.770. The topological polar surface area (TPSA) is 58.4 Å². The summed E-state index contributed by atoms with van der Waals surface area (Å²) < 4.78 is 0. The Kier molecular flexibility index (Phi) is 6.63. The molecule has 0 saturated heterocycles. The highest BCUT2D eigenvalue weighted by Crippen LogP contribution is 2.37. The van der Waals surface area contributed by atoms with Gasteiger partial charge in [0.05, 0.1) is 5.54 Å². The number of hydrogen-bond donors (Lipinski definition) is 2. The molecular weight excluding hydrogens is 238 g/mol. The number of carbonyl (C=O) groups is 1. The molecule has 3 N–H and O–H groups in total. The molecule has 0 radical (unpaired) electrons. The van der Waals surface area contributed by atoms with Crippen LogP contribution in [0, 0.1) is 5.92 Å². The molecular formula is C15H31N3O. The zero-order valence-electron chi connectivity index (χ0n) is 12.9. The number of amides is 2. The molecule has 0 spiro atoms. The molecule has 4 heteroatoms. The molecule has 1 fully saturated rings. The molecule has 0 aromatic carbocycles. The van der Waals surface area contributed by atoms with E-state index < -0.39 is 0 Å². The van der Waals surface area contributed by atoms with E-state index in [0.29, 0.717) is 6.54 Å². The zero-order valence-corrected chi connectivity index (χ0v) is 12.9. The van der Waals surface area contributed by atoms with E-state index >= 15 is 0 Å². The van der Waals surface area contributed by atoms with E-state index in [4.69, 9.17) is 5.73 Å². The molecule has 4 nitrogen and oxygen atoms in total. The Bertz CT molecular complexity index is 273. The van der Waals surface area contributed by atoms with Crippen molar-refractivity contribution >= 4 is 6.03 Å². The van der Waals surface area contributed by atoms with Crippen molar-refractivity contribution < 1.29 is 4.79 Å². The lowest BCUT2D eigenvalue weighted by molar-refractivity contribution is 0.0716. The van der Waals surface area contributed by atoms with E-state index in [9.17, 15) is 4.79 Å². The molecule has 2 amide bonds. The van der Waals surface area contributed by atoms with Crippen LogP contribution in [0.5, 0.6) is 0 Å². The molecule has 0 aromatic heterocycles. The molecule has 1 saturated carbocycles. The Morgan fingerprint density at radius 2 is 1.95 bits per heavy atom. The van der Waals surface area contributed by atoms with Gasteiger partial charge in [-0.05, 0) is 44.9 Å². The fourth-order valence-corrected chi connectivity index (χ4v) is 3.23. The number of urea groups is 1. The van der Waals surface area contributed by atoms with Crippen molar-refractivity contribution in [3.63, 3.8) is 0 Å². The second-order valence-electron chi connectivity index (χ2n) is 5.76. The van der Waals surface area contributed by atoms with Gasteiger partial charge in [-0.1, -0.05) is 20.3 Å². The predicted molar refractivity (Wildman–Crippen MR) is 80.1 cm³/mol. The van der Waals surface area contributed by atoms with Gasteiger partial charge in [-0.25, -0.2) is 4.79 Å². The number of carbonyl (C=O) groups excluding carboxylic acids is 1. The SMILES string of the molecule is CCCNC(=O)N(CC)C1(CN)CCC(CC)CC1. The van der Waals surface area contributed by atoms with Crippen molar-refractivity contribution in [2.24, 2.45) is 11.7 Å². The molecule has 0 aromatic rings. The molecule has 1 aliphatic carbocycles. The van der Waals surface area contributed by atoms with Crippen LogP contribution < -0.4 is 11.1 Å². The quantitative estimate of drug-likeness (QED) is 0.779. The Labute approximate surface area is 118 Å². The molecule has 0 atom stereocenters. The highest BCUT2D eigenvalue weighted by Gasteiger charge is 2.40. The van der Waals surface area contributed by atoms with Gasteiger partial charge in [0.25, 0.3) is 0 Å². The highest BCUT2D eigenvalue weighted by molar-refractivity contribution is 5.75. The van der Waals surface area contributed by atoms with Crippen LogP contribution in [0.25, 0.3) is 0 Å². The van der Waals surface area contributed by atoms with Crippen molar-refractivity contribution in [2.45, 2.75) is 64.8 Å². The summed E-state index contributed by atoms with van der Waals surface area (Å²) in [5, 5.41) is 3.00. The summed E-state index contributed by atoms with van der Waals surface area (Å²) >= 11 is 0. The molecule has 112 valence electrons. The maximum atomic E-state index is 12.3. The van der Waals surface area contributed by atoms with Gasteiger partial charge in [0.15, 0.2) is 0 Å². The summed E-state index contributed by atoms with van der Waals surface area (Å²) in [6, 6.07) is 0.0600. The lowest BCUT2D eigenvalue weighted by Gasteiger charge is -2.47. The maximum Gasteiger partial charge on any atom is 0.317 e. The first-order chi connectivity index (χ1) is 9.13. The van der Waals surface area contributed by atoms with Crippen molar-refractivity contribution in [3.05, 3.63) is 0 Å². The van der Waals surface area contributed by atoms with Gasteiger partial charge in [0.2, 0.25) is 0 Å². The van der Waals surface area contributed by atoms with Crippen LogP contribution in [0.3, 0.4) is 0 Å². The Morgan fingerprint density at radius 1 is 1.32 bits per heavy atom. The van der Waals surface area contributed by atoms with E-state index in [-0.39, 0.29) is 11.6 Å². The standard InChI is InChI=1S/C15H31N3O/c1-4-11-17-14(19)18(6-3)15(12-16)9-7-13(5-2)8-10-15/h13H,4-12,16H2,1-3H3,(H,17,19). The third-order valence-electron chi connectivity index (χ3n) is 4.65. The van der Waals surface area contributed by atoms with E-state index in [0.717, 1.165) is 38.3 Å². The maximum absolute atomic E-state index is 12.3. The van der Waals surface area contributed by atoms with Gasteiger partial charge in [-0.15, -0.1) is 0 Å². The fourth-order valence-electron chi connectivity index (χ4n) is 3.23. The summed E-state index contributed by atoms with van der Waals surface area (Å²) in [7, 11) is 0. The first-order valence-corrected chi connectivity index (χ1v) is 7.89. The summed E-state index contributed by atoms with van der Waals surface area (Å²) in [5.41, 5.74) is 5.93. The van der Waals surface area contributed by atoms with Crippen molar-refractivity contribution in [1.82, 2.24) is 10.2 Å². The average molecular weight is 269 g/mol. The predicted octanol–water partition coefficient (Wildman–Crippen LogP) is 2.73. The van der Waals surface area contributed by atoms with Gasteiger partial charge in [0.1, 0.15) is 0 Å². The van der Waals surface area contributed by atoms with Gasteiger partial charge >= 0.3 is 6.03 Å². The third-order valence-corrected chi connectivity index (χ3v) is 4.65. The highest BCUT2D eigenvalue weighted by atomic mass is 16.2. The summed E-state index contributed by atoms with van der Waals surface area (Å²) in [6.45, 7) is 8.44. The molecule has 19 heavy (non-hydrogen) atoms. The minimum atomic E-state index is -0.113. The van der Waals surface area contributed by atoms with Crippen molar-refractivity contribution in [3.8, 4) is 0 Å². The normalized spacial score (nSPS) is 27.1. The van der Waals surface area contributed by atoms with E-state index in [1.807, 2.05) is 4.90 Å². The molecule has 1 rings (SSSR count). The van der Waals surface area contributed by atoms with Crippen LogP contribution in [0.4, 0.5) is 4.79 Å². The van der Waals surface area contributed by atoms with Gasteiger partial charge in [-0.3, -0.25) is 0 Å². The summed E-state index contributed by atoms with van der Waals surface area (Å²) in [4.78, 5) is 14.3. The van der Waals surface area contributed by atoms with E-state index in [1.165, 1.54) is 19.3 Å². The van der Waals surface area contributed by atoms with E-state index in [1.54, 1.807) is 0 Å². The Morgan fingerprint density at radius 3 is 2.37 bits per heavy atom. The number of nitrogens with two attached hydrogens (primary N) is 1. The van der Waals surface area contributed by atoms with E-state index in [2.05, 4.69) is 26.1 Å². The van der Waals surface area contributed by atoms with Crippen molar-refractivity contribution in [1.29, 1.82) is 0 Å². The van der Waals surface area contributed by atoms with Gasteiger partial charge < -0.3 is 16.0 Å². The number of nitrogens with one attached hydrogen (secondary N) is 1. The molecule has 0 unspecified atom stereocenters. The van der Waals surface area contributed by atoms with Crippen LogP contribution in [-0.4, -0.2) is 36.1 Å². The lowest BCUT2D eigenvalue weighted by atomic mass is 9.74. The summed E-state index contributed by atoms with van der Waals surface area (Å²) in [6.07, 6.45) is 6.72. The second kappa shape index (κ2) is 7.73. The fraction of sp³-hybridized carbons (Fsp3) is 0.933. The molecule has 0 heterocycles. The van der Waals surface area contributed by atoms with Gasteiger partial charge in [0, 0.05) is 19.6 Å². The summed E-state index contributed by atoms with van der Waals surface area (Å²) in [5.74, 6) is 0.817. The van der Waals surface area contributed by atoms with Crippen LogP contribution in [-0.2, 0) is 0 Å². The first kappa shape index (κ1) is 16.3. The smallest absolute Gasteiger partial charge is 0.317 e. The van der Waals surface area contributed by atoms with Crippen LogP contribution in [0.1, 0.15) is 59.3 Å². The molecule has 0 aliphatic heterocycles. The van der Waals surface area contributed by atoms with Crippen molar-refractivity contribution in [2.75, 3.05) is 19.6 Å². The lowest BCUT2D eigenvalue weighted by Crippen LogP contribution is -2.60. The number of rotatable bonds is 6. The largest absolute Gasteiger partial charge is 0.338 e. The van der Waals surface area contributed by atoms with Crippen LogP contribution >= 0.6 is 0 Å². The van der Waals surface area contributed by atoms with Crippen LogP contribution in [0.2, 0.25) is 0 Å². The number of nitrogens with zero attached hydrogens (tertiary/aromatic N) is 1. The minimum absolute atomic E-state index is 0.0600.